The standard InChI is InChI=1S/C14H12BrN3O/c15-11-3-4-12-13(6-11)18(9-14(19)17-12)8-10-2-1-5-16-7-10/h1-7H,8-9H2,(H,17,19). The zero-order valence-corrected chi connectivity index (χ0v) is 11.7. The number of halogens is 1. The Morgan fingerprint density at radius 3 is 3.05 bits per heavy atom. The van der Waals surface area contributed by atoms with Gasteiger partial charge in [-0.3, -0.25) is 9.78 Å². The van der Waals surface area contributed by atoms with Crippen molar-refractivity contribution in [3.05, 3.63) is 52.8 Å². The van der Waals surface area contributed by atoms with Gasteiger partial charge < -0.3 is 10.2 Å². The number of hydrogen-bond acceptors (Lipinski definition) is 3. The number of carbonyl (C=O) groups excluding carboxylic acids is 1. The van der Waals surface area contributed by atoms with E-state index in [2.05, 4.69) is 31.1 Å². The van der Waals surface area contributed by atoms with E-state index < -0.39 is 0 Å². The smallest absolute Gasteiger partial charge is 0.243 e. The van der Waals surface area contributed by atoms with Crippen LogP contribution in [0, 0.1) is 0 Å². The first-order valence-electron chi connectivity index (χ1n) is 5.95. The number of rotatable bonds is 2. The molecule has 0 fully saturated rings. The van der Waals surface area contributed by atoms with E-state index in [1.54, 1.807) is 6.20 Å². The van der Waals surface area contributed by atoms with Crippen LogP contribution in [0.15, 0.2) is 47.2 Å². The van der Waals surface area contributed by atoms with E-state index in [0.717, 1.165) is 21.4 Å². The lowest BCUT2D eigenvalue weighted by Crippen LogP contribution is -2.37. The summed E-state index contributed by atoms with van der Waals surface area (Å²) in [4.78, 5) is 17.9. The molecule has 1 N–H and O–H groups in total. The predicted molar refractivity (Wildman–Crippen MR) is 78.1 cm³/mol. The lowest BCUT2D eigenvalue weighted by molar-refractivity contribution is -0.115. The van der Waals surface area contributed by atoms with E-state index in [4.69, 9.17) is 0 Å². The molecule has 1 amide bonds. The predicted octanol–water partition coefficient (Wildman–Crippen LogP) is 2.80. The van der Waals surface area contributed by atoms with Crippen LogP contribution in [0.4, 0.5) is 11.4 Å². The van der Waals surface area contributed by atoms with Gasteiger partial charge >= 0.3 is 0 Å². The van der Waals surface area contributed by atoms with E-state index >= 15 is 0 Å². The molecule has 0 unspecified atom stereocenters. The Morgan fingerprint density at radius 2 is 2.26 bits per heavy atom. The fraction of sp³-hybridized carbons (Fsp3) is 0.143. The minimum atomic E-state index is 0.0127. The highest BCUT2D eigenvalue weighted by Crippen LogP contribution is 2.33. The fourth-order valence-corrected chi connectivity index (χ4v) is 2.52. The number of aromatic nitrogens is 1. The molecule has 0 saturated carbocycles. The average molecular weight is 318 g/mol. The van der Waals surface area contributed by atoms with Crippen LogP contribution in [0.1, 0.15) is 5.56 Å². The average Bonchev–Trinajstić information content (AvgIpc) is 2.41. The number of carbonyl (C=O) groups is 1. The fourth-order valence-electron chi connectivity index (χ4n) is 2.17. The van der Waals surface area contributed by atoms with Crippen molar-refractivity contribution in [2.24, 2.45) is 0 Å². The summed E-state index contributed by atoms with van der Waals surface area (Å²) < 4.78 is 0.999. The van der Waals surface area contributed by atoms with Crippen molar-refractivity contribution >= 4 is 33.2 Å². The summed E-state index contributed by atoms with van der Waals surface area (Å²) in [5, 5.41) is 2.89. The number of benzene rings is 1. The molecule has 3 rings (SSSR count). The molecule has 0 radical (unpaired) electrons. The third-order valence-corrected chi connectivity index (χ3v) is 3.50. The van der Waals surface area contributed by atoms with Crippen molar-refractivity contribution in [3.63, 3.8) is 0 Å². The lowest BCUT2D eigenvalue weighted by atomic mass is 10.1. The minimum absolute atomic E-state index is 0.0127. The Balaban J connectivity index is 1.94. The molecule has 2 aromatic rings. The van der Waals surface area contributed by atoms with Crippen molar-refractivity contribution in [2.75, 3.05) is 16.8 Å². The van der Waals surface area contributed by atoms with E-state index in [-0.39, 0.29) is 5.91 Å². The molecule has 1 aromatic heterocycles. The van der Waals surface area contributed by atoms with Gasteiger partial charge in [-0.2, -0.15) is 0 Å². The second-order valence-corrected chi connectivity index (χ2v) is 5.34. The summed E-state index contributed by atoms with van der Waals surface area (Å²) in [6.07, 6.45) is 3.57. The Labute approximate surface area is 119 Å². The summed E-state index contributed by atoms with van der Waals surface area (Å²) in [6.45, 7) is 1.03. The number of amides is 1. The largest absolute Gasteiger partial charge is 0.356 e. The number of fused-ring (bicyclic) bond motifs is 1. The molecule has 96 valence electrons. The number of anilines is 2. The third-order valence-electron chi connectivity index (χ3n) is 3.01. The summed E-state index contributed by atoms with van der Waals surface area (Å²) in [6, 6.07) is 9.77. The summed E-state index contributed by atoms with van der Waals surface area (Å²) in [5.41, 5.74) is 2.96. The van der Waals surface area contributed by atoms with Crippen LogP contribution in [-0.2, 0) is 11.3 Å². The molecule has 0 saturated heterocycles. The molecule has 0 atom stereocenters. The quantitative estimate of drug-likeness (QED) is 0.926. The highest BCUT2D eigenvalue weighted by atomic mass is 79.9. The number of nitrogens with one attached hydrogen (secondary N) is 1. The van der Waals surface area contributed by atoms with Crippen molar-refractivity contribution in [1.29, 1.82) is 0 Å². The molecule has 0 aliphatic carbocycles. The first-order chi connectivity index (χ1) is 9.22. The van der Waals surface area contributed by atoms with Crippen LogP contribution in [0.2, 0.25) is 0 Å². The number of nitrogens with zero attached hydrogens (tertiary/aromatic N) is 2. The molecule has 1 aliphatic heterocycles. The van der Waals surface area contributed by atoms with E-state index in [1.165, 1.54) is 0 Å². The second kappa shape index (κ2) is 5.01. The van der Waals surface area contributed by atoms with Gasteiger partial charge in [-0.1, -0.05) is 22.0 Å². The highest BCUT2D eigenvalue weighted by molar-refractivity contribution is 9.10. The van der Waals surface area contributed by atoms with Gasteiger partial charge in [0.05, 0.1) is 17.9 Å². The maximum atomic E-state index is 11.7. The van der Waals surface area contributed by atoms with E-state index in [9.17, 15) is 4.79 Å². The Morgan fingerprint density at radius 1 is 1.37 bits per heavy atom. The highest BCUT2D eigenvalue weighted by Gasteiger charge is 2.22. The van der Waals surface area contributed by atoms with Gasteiger partial charge in [-0.25, -0.2) is 0 Å². The molecule has 1 aliphatic rings. The van der Waals surface area contributed by atoms with Crippen LogP contribution in [-0.4, -0.2) is 17.4 Å². The van der Waals surface area contributed by atoms with Crippen LogP contribution < -0.4 is 10.2 Å². The van der Waals surface area contributed by atoms with Crippen LogP contribution in [0.25, 0.3) is 0 Å². The van der Waals surface area contributed by atoms with Crippen LogP contribution >= 0.6 is 15.9 Å². The van der Waals surface area contributed by atoms with E-state index in [0.29, 0.717) is 13.1 Å². The summed E-state index contributed by atoms with van der Waals surface area (Å²) in [5.74, 6) is 0.0127. The van der Waals surface area contributed by atoms with Crippen molar-refractivity contribution in [3.8, 4) is 0 Å². The zero-order valence-electron chi connectivity index (χ0n) is 10.1. The molecule has 19 heavy (non-hydrogen) atoms. The van der Waals surface area contributed by atoms with Crippen LogP contribution in [0.5, 0.6) is 0 Å². The van der Waals surface area contributed by atoms with Crippen LogP contribution in [0.3, 0.4) is 0 Å². The second-order valence-electron chi connectivity index (χ2n) is 4.43. The zero-order chi connectivity index (χ0) is 13.2. The Hall–Kier alpha value is -1.88. The van der Waals surface area contributed by atoms with Crippen molar-refractivity contribution in [2.45, 2.75) is 6.54 Å². The summed E-state index contributed by atoms with van der Waals surface area (Å²) >= 11 is 3.47. The van der Waals surface area contributed by atoms with Gasteiger partial charge in [0.15, 0.2) is 0 Å². The van der Waals surface area contributed by atoms with E-state index in [1.807, 2.05) is 36.5 Å². The Kier molecular flexibility index (Phi) is 3.21. The molecular formula is C14H12BrN3O. The van der Waals surface area contributed by atoms with Gasteiger partial charge in [-0.05, 0) is 29.8 Å². The number of hydrogen-bond donors (Lipinski definition) is 1. The summed E-state index contributed by atoms with van der Waals surface area (Å²) in [7, 11) is 0. The van der Waals surface area contributed by atoms with Gasteiger partial charge in [0.2, 0.25) is 5.91 Å². The van der Waals surface area contributed by atoms with Gasteiger partial charge in [0.1, 0.15) is 0 Å². The maximum Gasteiger partial charge on any atom is 0.243 e. The normalized spacial score (nSPS) is 13.9. The third kappa shape index (κ3) is 2.61. The molecule has 0 spiro atoms. The first-order valence-corrected chi connectivity index (χ1v) is 6.75. The topological polar surface area (TPSA) is 45.2 Å². The lowest BCUT2D eigenvalue weighted by Gasteiger charge is -2.31. The van der Waals surface area contributed by atoms with Gasteiger partial charge in [0.25, 0.3) is 0 Å². The molecule has 0 bridgehead atoms. The Bertz CT molecular complexity index is 615. The van der Waals surface area contributed by atoms with Gasteiger partial charge in [0, 0.05) is 23.4 Å². The molecule has 4 nitrogen and oxygen atoms in total. The van der Waals surface area contributed by atoms with Crippen molar-refractivity contribution < 1.29 is 4.79 Å². The SMILES string of the molecule is O=C1CN(Cc2cccnc2)c2cc(Br)ccc2N1. The maximum absolute atomic E-state index is 11.7. The van der Waals surface area contributed by atoms with Gasteiger partial charge in [-0.15, -0.1) is 0 Å². The minimum Gasteiger partial charge on any atom is -0.356 e. The molecule has 5 heteroatoms. The molecule has 2 heterocycles. The van der Waals surface area contributed by atoms with Crippen molar-refractivity contribution in [1.82, 2.24) is 4.98 Å². The monoisotopic (exact) mass is 317 g/mol. The molecule has 1 aromatic carbocycles. The first kappa shape index (κ1) is 12.2. The molecular weight excluding hydrogens is 306 g/mol. The number of pyridine rings is 1.